The SMILES string of the molecule is CCC(C)CN(CC(=O)N(Cc1ccccc1)Cc1ccc(C)s1)C(=O)CC(C)C. The number of carbonyl (C=O) groups excluding carboxylic acids is 2. The highest BCUT2D eigenvalue weighted by molar-refractivity contribution is 7.11. The van der Waals surface area contributed by atoms with E-state index in [9.17, 15) is 9.59 Å². The molecular weight excluding hydrogens is 392 g/mol. The zero-order chi connectivity index (χ0) is 22.1. The molecule has 164 valence electrons. The Morgan fingerprint density at radius 3 is 2.20 bits per heavy atom. The van der Waals surface area contributed by atoms with Crippen molar-refractivity contribution in [3.63, 3.8) is 0 Å². The van der Waals surface area contributed by atoms with Crippen LogP contribution < -0.4 is 0 Å². The van der Waals surface area contributed by atoms with E-state index in [1.807, 2.05) is 49.1 Å². The van der Waals surface area contributed by atoms with Gasteiger partial charge in [-0.3, -0.25) is 9.59 Å². The molecule has 0 spiro atoms. The lowest BCUT2D eigenvalue weighted by atomic mass is 10.1. The quantitative estimate of drug-likeness (QED) is 0.474. The zero-order valence-electron chi connectivity index (χ0n) is 19.1. The van der Waals surface area contributed by atoms with Crippen molar-refractivity contribution < 1.29 is 9.59 Å². The monoisotopic (exact) mass is 428 g/mol. The molecule has 1 aromatic heterocycles. The van der Waals surface area contributed by atoms with E-state index in [1.54, 1.807) is 16.2 Å². The summed E-state index contributed by atoms with van der Waals surface area (Å²) in [6.07, 6.45) is 1.47. The Kier molecular flexibility index (Phi) is 9.57. The second-order valence-corrected chi connectivity index (χ2v) is 10.0. The number of thiophene rings is 1. The molecule has 0 saturated heterocycles. The maximum Gasteiger partial charge on any atom is 0.242 e. The number of hydrogen-bond acceptors (Lipinski definition) is 3. The molecule has 1 atom stereocenters. The van der Waals surface area contributed by atoms with Gasteiger partial charge < -0.3 is 9.80 Å². The summed E-state index contributed by atoms with van der Waals surface area (Å²) >= 11 is 1.72. The standard InChI is InChI=1S/C25H36N2O2S/c1-6-20(4)15-26(24(28)14-19(2)3)18-25(29)27(16-22-10-8-7-9-11-22)17-23-13-12-21(5)30-23/h7-13,19-20H,6,14-18H2,1-5H3. The van der Waals surface area contributed by atoms with Crippen LogP contribution in [0.4, 0.5) is 0 Å². The number of amides is 2. The summed E-state index contributed by atoms with van der Waals surface area (Å²) in [5, 5.41) is 0. The molecule has 0 bridgehead atoms. The van der Waals surface area contributed by atoms with Crippen molar-refractivity contribution in [3.8, 4) is 0 Å². The lowest BCUT2D eigenvalue weighted by molar-refractivity contribution is -0.142. The molecule has 4 nitrogen and oxygen atoms in total. The van der Waals surface area contributed by atoms with Gasteiger partial charge in [-0.1, -0.05) is 64.4 Å². The van der Waals surface area contributed by atoms with E-state index in [-0.39, 0.29) is 24.3 Å². The van der Waals surface area contributed by atoms with E-state index in [1.165, 1.54) is 9.75 Å². The predicted octanol–water partition coefficient (Wildman–Crippen LogP) is 5.51. The van der Waals surface area contributed by atoms with Crippen LogP contribution in [-0.4, -0.2) is 34.7 Å². The van der Waals surface area contributed by atoms with Gasteiger partial charge in [0.15, 0.2) is 0 Å². The molecule has 0 aliphatic carbocycles. The zero-order valence-corrected chi connectivity index (χ0v) is 19.9. The number of nitrogens with zero attached hydrogens (tertiary/aromatic N) is 2. The third-order valence-electron chi connectivity index (χ3n) is 5.20. The number of carbonyl (C=O) groups is 2. The summed E-state index contributed by atoms with van der Waals surface area (Å²) in [5.74, 6) is 0.730. The highest BCUT2D eigenvalue weighted by atomic mass is 32.1. The highest BCUT2D eigenvalue weighted by Gasteiger charge is 2.23. The molecule has 0 N–H and O–H groups in total. The topological polar surface area (TPSA) is 40.6 Å². The summed E-state index contributed by atoms with van der Waals surface area (Å²) < 4.78 is 0. The average molecular weight is 429 g/mol. The fraction of sp³-hybridized carbons (Fsp3) is 0.520. The number of benzene rings is 1. The molecule has 5 heteroatoms. The number of rotatable bonds is 11. The van der Waals surface area contributed by atoms with Crippen molar-refractivity contribution in [2.45, 2.75) is 60.5 Å². The molecule has 2 aromatic rings. The molecule has 1 aromatic carbocycles. The molecule has 0 radical (unpaired) electrons. The van der Waals surface area contributed by atoms with Gasteiger partial charge in [-0.05, 0) is 36.5 Å². The molecule has 1 heterocycles. The largest absolute Gasteiger partial charge is 0.333 e. The van der Waals surface area contributed by atoms with E-state index < -0.39 is 0 Å². The van der Waals surface area contributed by atoms with Crippen LogP contribution in [0.1, 0.15) is 55.9 Å². The van der Waals surface area contributed by atoms with E-state index in [4.69, 9.17) is 0 Å². The summed E-state index contributed by atoms with van der Waals surface area (Å²) in [6.45, 7) is 12.3. The van der Waals surface area contributed by atoms with Gasteiger partial charge in [0.25, 0.3) is 0 Å². The van der Waals surface area contributed by atoms with Crippen molar-refractivity contribution in [2.24, 2.45) is 11.8 Å². The van der Waals surface area contributed by atoms with Crippen LogP contribution in [0.15, 0.2) is 42.5 Å². The van der Waals surface area contributed by atoms with E-state index in [0.29, 0.717) is 32.0 Å². The smallest absolute Gasteiger partial charge is 0.242 e. The lowest BCUT2D eigenvalue weighted by Gasteiger charge is -2.29. The predicted molar refractivity (Wildman–Crippen MR) is 125 cm³/mol. The number of hydrogen-bond donors (Lipinski definition) is 0. The van der Waals surface area contributed by atoms with Crippen molar-refractivity contribution in [3.05, 3.63) is 57.8 Å². The average Bonchev–Trinajstić information content (AvgIpc) is 3.11. The molecular formula is C25H36N2O2S. The van der Waals surface area contributed by atoms with Crippen molar-refractivity contribution in [1.29, 1.82) is 0 Å². The minimum atomic E-state index is 0.00492. The summed E-state index contributed by atoms with van der Waals surface area (Å²) in [7, 11) is 0. The maximum absolute atomic E-state index is 13.4. The first kappa shape index (κ1) is 24.1. The molecule has 0 fully saturated rings. The van der Waals surface area contributed by atoms with E-state index >= 15 is 0 Å². The molecule has 2 rings (SSSR count). The van der Waals surface area contributed by atoms with Crippen molar-refractivity contribution >= 4 is 23.2 Å². The van der Waals surface area contributed by atoms with Gasteiger partial charge in [-0.2, -0.15) is 0 Å². The fourth-order valence-electron chi connectivity index (χ4n) is 3.30. The third kappa shape index (κ3) is 7.94. The van der Waals surface area contributed by atoms with Crippen LogP contribution in [0.3, 0.4) is 0 Å². The first-order chi connectivity index (χ1) is 14.3. The van der Waals surface area contributed by atoms with E-state index in [0.717, 1.165) is 12.0 Å². The Morgan fingerprint density at radius 2 is 1.63 bits per heavy atom. The maximum atomic E-state index is 13.4. The molecule has 0 aliphatic rings. The van der Waals surface area contributed by atoms with Crippen LogP contribution in [0.5, 0.6) is 0 Å². The van der Waals surface area contributed by atoms with Gasteiger partial charge in [-0.25, -0.2) is 0 Å². The van der Waals surface area contributed by atoms with Gasteiger partial charge >= 0.3 is 0 Å². The highest BCUT2D eigenvalue weighted by Crippen LogP contribution is 2.19. The van der Waals surface area contributed by atoms with Crippen LogP contribution in [0, 0.1) is 18.8 Å². The summed E-state index contributed by atoms with van der Waals surface area (Å²) in [5.41, 5.74) is 1.10. The van der Waals surface area contributed by atoms with Crippen molar-refractivity contribution in [1.82, 2.24) is 9.80 Å². The Bertz CT molecular complexity index is 800. The molecule has 1 unspecified atom stereocenters. The normalized spacial score (nSPS) is 12.1. The second-order valence-electron chi connectivity index (χ2n) is 8.63. The molecule has 0 aliphatic heterocycles. The van der Waals surface area contributed by atoms with Gasteiger partial charge in [0.2, 0.25) is 11.8 Å². The summed E-state index contributed by atoms with van der Waals surface area (Å²) in [6, 6.07) is 14.2. The Morgan fingerprint density at radius 1 is 0.933 bits per heavy atom. The first-order valence-corrected chi connectivity index (χ1v) is 11.7. The number of aryl methyl sites for hydroxylation is 1. The van der Waals surface area contributed by atoms with E-state index in [2.05, 4.69) is 32.9 Å². The van der Waals surface area contributed by atoms with Gasteiger partial charge in [0.1, 0.15) is 0 Å². The first-order valence-electron chi connectivity index (χ1n) is 10.9. The fourth-order valence-corrected chi connectivity index (χ4v) is 4.20. The minimum absolute atomic E-state index is 0.00492. The van der Waals surface area contributed by atoms with Crippen molar-refractivity contribution in [2.75, 3.05) is 13.1 Å². The summed E-state index contributed by atoms with van der Waals surface area (Å²) in [4.78, 5) is 32.3. The van der Waals surface area contributed by atoms with Crippen LogP contribution in [-0.2, 0) is 22.7 Å². The minimum Gasteiger partial charge on any atom is -0.333 e. The Balaban J connectivity index is 2.18. The molecule has 30 heavy (non-hydrogen) atoms. The van der Waals surface area contributed by atoms with Crippen LogP contribution in [0.25, 0.3) is 0 Å². The lowest BCUT2D eigenvalue weighted by Crippen LogP contribution is -2.44. The van der Waals surface area contributed by atoms with Crippen LogP contribution in [0.2, 0.25) is 0 Å². The Labute approximate surface area is 185 Å². The van der Waals surface area contributed by atoms with Gasteiger partial charge in [-0.15, -0.1) is 11.3 Å². The molecule has 0 saturated carbocycles. The molecule has 2 amide bonds. The second kappa shape index (κ2) is 11.9. The van der Waals surface area contributed by atoms with Gasteiger partial charge in [0.05, 0.1) is 13.1 Å². The van der Waals surface area contributed by atoms with Crippen LogP contribution >= 0.6 is 11.3 Å². The third-order valence-corrected chi connectivity index (χ3v) is 6.19. The Hall–Kier alpha value is -2.14. The van der Waals surface area contributed by atoms with Gasteiger partial charge in [0, 0.05) is 29.3 Å².